The molecule has 6 nitrogen and oxygen atoms in total. The number of rotatable bonds is 4. The Morgan fingerprint density at radius 3 is 2.37 bits per heavy atom. The molecule has 156 valence electrons. The van der Waals surface area contributed by atoms with Gasteiger partial charge < -0.3 is 14.7 Å². The fraction of sp³-hybridized carbons (Fsp3) is 0.375. The van der Waals surface area contributed by atoms with Crippen molar-refractivity contribution in [2.45, 2.75) is 45.4 Å². The van der Waals surface area contributed by atoms with Gasteiger partial charge in [-0.3, -0.25) is 0 Å². The number of carbonyl (C=O) groups is 1. The molecule has 0 spiro atoms. The highest BCUT2D eigenvalue weighted by atomic mass is 16.5. The van der Waals surface area contributed by atoms with E-state index in [1.807, 2.05) is 41.3 Å². The normalized spacial score (nSPS) is 14.9. The molecule has 1 saturated heterocycles. The number of likely N-dealkylation sites (tertiary alicyclic amines) is 1. The molecule has 1 N–H and O–H groups in total. The summed E-state index contributed by atoms with van der Waals surface area (Å²) in [5.74, 6) is 1.95. The van der Waals surface area contributed by atoms with Crippen molar-refractivity contribution >= 4 is 11.7 Å². The first kappa shape index (κ1) is 20.1. The highest BCUT2D eigenvalue weighted by Gasteiger charge is 2.27. The van der Waals surface area contributed by atoms with Crippen molar-refractivity contribution in [3.63, 3.8) is 0 Å². The number of amides is 2. The number of aryl methyl sites for hydroxylation is 1. The van der Waals surface area contributed by atoms with Crippen LogP contribution in [-0.2, 0) is 0 Å². The molecular formula is C24H28N4O2. The Hall–Kier alpha value is -3.15. The summed E-state index contributed by atoms with van der Waals surface area (Å²) in [6.45, 7) is 7.71. The van der Waals surface area contributed by atoms with Crippen molar-refractivity contribution in [2.24, 2.45) is 0 Å². The summed E-state index contributed by atoms with van der Waals surface area (Å²) in [5, 5.41) is 7.14. The first-order chi connectivity index (χ1) is 14.5. The van der Waals surface area contributed by atoms with Gasteiger partial charge in [0.2, 0.25) is 11.7 Å². The minimum Gasteiger partial charge on any atom is -0.339 e. The molecule has 0 radical (unpaired) electrons. The molecule has 30 heavy (non-hydrogen) atoms. The minimum atomic E-state index is -0.0587. The largest absolute Gasteiger partial charge is 0.339 e. The van der Waals surface area contributed by atoms with Crippen molar-refractivity contribution < 1.29 is 9.32 Å². The molecule has 6 heteroatoms. The molecule has 4 rings (SSSR count). The number of nitrogens with one attached hydrogen (secondary N) is 1. The Morgan fingerprint density at radius 1 is 1.07 bits per heavy atom. The maximum absolute atomic E-state index is 12.6. The average Bonchev–Trinajstić information content (AvgIpc) is 3.25. The van der Waals surface area contributed by atoms with E-state index >= 15 is 0 Å². The summed E-state index contributed by atoms with van der Waals surface area (Å²) in [6.07, 6.45) is 1.63. The highest BCUT2D eigenvalue weighted by Crippen LogP contribution is 2.29. The average molecular weight is 405 g/mol. The van der Waals surface area contributed by atoms with E-state index in [0.717, 1.165) is 24.1 Å². The van der Waals surface area contributed by atoms with Crippen molar-refractivity contribution in [2.75, 3.05) is 18.4 Å². The lowest BCUT2D eigenvalue weighted by atomic mass is 9.97. The number of anilines is 1. The number of urea groups is 1. The summed E-state index contributed by atoms with van der Waals surface area (Å²) in [4.78, 5) is 19.1. The Bertz CT molecular complexity index is 985. The van der Waals surface area contributed by atoms with Gasteiger partial charge in [-0.1, -0.05) is 61.0 Å². The lowest BCUT2D eigenvalue weighted by molar-refractivity contribution is 0.187. The molecule has 0 aliphatic carbocycles. The van der Waals surface area contributed by atoms with Gasteiger partial charge in [0.05, 0.1) is 0 Å². The van der Waals surface area contributed by atoms with Crippen LogP contribution in [0.25, 0.3) is 11.4 Å². The van der Waals surface area contributed by atoms with Crippen LogP contribution in [-0.4, -0.2) is 34.2 Å². The van der Waals surface area contributed by atoms with Crippen LogP contribution < -0.4 is 5.32 Å². The third-order valence-corrected chi connectivity index (χ3v) is 5.71. The Labute approximate surface area is 177 Å². The second kappa shape index (κ2) is 8.69. The Balaban J connectivity index is 1.32. The topological polar surface area (TPSA) is 71.3 Å². The van der Waals surface area contributed by atoms with Crippen LogP contribution in [0.5, 0.6) is 0 Å². The SMILES string of the molecule is Cc1ccc(-c2noc(C3CCN(C(=O)Nc4ccc(C(C)C)cc4)CC3)n2)cc1. The van der Waals surface area contributed by atoms with Gasteiger partial charge in [-0.15, -0.1) is 0 Å². The predicted octanol–water partition coefficient (Wildman–Crippen LogP) is 5.58. The summed E-state index contributed by atoms with van der Waals surface area (Å²) in [7, 11) is 0. The molecule has 1 aliphatic rings. The van der Waals surface area contributed by atoms with E-state index in [4.69, 9.17) is 4.52 Å². The monoisotopic (exact) mass is 404 g/mol. The van der Waals surface area contributed by atoms with Crippen LogP contribution >= 0.6 is 0 Å². The van der Waals surface area contributed by atoms with Gasteiger partial charge in [-0.05, 0) is 43.4 Å². The first-order valence-corrected chi connectivity index (χ1v) is 10.6. The van der Waals surface area contributed by atoms with E-state index in [2.05, 4.69) is 48.4 Å². The molecule has 0 bridgehead atoms. The molecule has 2 heterocycles. The minimum absolute atomic E-state index is 0.0587. The molecule has 0 unspecified atom stereocenters. The number of piperidine rings is 1. The summed E-state index contributed by atoms with van der Waals surface area (Å²) < 4.78 is 5.53. The zero-order valence-corrected chi connectivity index (χ0v) is 17.8. The van der Waals surface area contributed by atoms with Gasteiger partial charge in [0.15, 0.2) is 0 Å². The van der Waals surface area contributed by atoms with Gasteiger partial charge in [-0.25, -0.2) is 4.79 Å². The zero-order chi connectivity index (χ0) is 21.1. The summed E-state index contributed by atoms with van der Waals surface area (Å²) >= 11 is 0. The van der Waals surface area contributed by atoms with Crippen molar-refractivity contribution in [3.8, 4) is 11.4 Å². The van der Waals surface area contributed by atoms with Crippen LogP contribution in [0.1, 0.15) is 55.5 Å². The Morgan fingerprint density at radius 2 is 1.73 bits per heavy atom. The molecule has 0 atom stereocenters. The second-order valence-electron chi connectivity index (χ2n) is 8.29. The molecule has 1 aromatic heterocycles. The number of carbonyl (C=O) groups excluding carboxylic acids is 1. The van der Waals surface area contributed by atoms with Gasteiger partial charge in [0.1, 0.15) is 0 Å². The van der Waals surface area contributed by atoms with E-state index in [1.54, 1.807) is 0 Å². The quantitative estimate of drug-likeness (QED) is 0.616. The van der Waals surface area contributed by atoms with E-state index < -0.39 is 0 Å². The van der Waals surface area contributed by atoms with E-state index in [1.165, 1.54) is 11.1 Å². The number of hydrogen-bond acceptors (Lipinski definition) is 4. The predicted molar refractivity (Wildman–Crippen MR) is 118 cm³/mol. The van der Waals surface area contributed by atoms with Crippen LogP contribution in [0.4, 0.5) is 10.5 Å². The van der Waals surface area contributed by atoms with Gasteiger partial charge >= 0.3 is 6.03 Å². The lowest BCUT2D eigenvalue weighted by Crippen LogP contribution is -2.40. The smallest absolute Gasteiger partial charge is 0.321 e. The number of hydrogen-bond donors (Lipinski definition) is 1. The third kappa shape index (κ3) is 4.53. The van der Waals surface area contributed by atoms with E-state index in [-0.39, 0.29) is 11.9 Å². The number of benzene rings is 2. The molecule has 2 aromatic carbocycles. The second-order valence-corrected chi connectivity index (χ2v) is 8.29. The molecule has 2 amide bonds. The third-order valence-electron chi connectivity index (χ3n) is 5.71. The first-order valence-electron chi connectivity index (χ1n) is 10.6. The van der Waals surface area contributed by atoms with E-state index in [0.29, 0.717) is 30.7 Å². The molecule has 1 aliphatic heterocycles. The molecule has 3 aromatic rings. The van der Waals surface area contributed by atoms with Crippen LogP contribution in [0.3, 0.4) is 0 Å². The molecule has 1 fully saturated rings. The van der Waals surface area contributed by atoms with Crippen LogP contribution in [0.15, 0.2) is 53.1 Å². The van der Waals surface area contributed by atoms with Crippen molar-refractivity contribution in [3.05, 3.63) is 65.5 Å². The highest BCUT2D eigenvalue weighted by molar-refractivity contribution is 5.89. The zero-order valence-electron chi connectivity index (χ0n) is 17.8. The van der Waals surface area contributed by atoms with Crippen molar-refractivity contribution in [1.82, 2.24) is 15.0 Å². The van der Waals surface area contributed by atoms with E-state index in [9.17, 15) is 4.79 Å². The van der Waals surface area contributed by atoms with Crippen LogP contribution in [0.2, 0.25) is 0 Å². The molecular weight excluding hydrogens is 376 g/mol. The van der Waals surface area contributed by atoms with Gasteiger partial charge in [-0.2, -0.15) is 4.98 Å². The maximum atomic E-state index is 12.6. The fourth-order valence-electron chi connectivity index (χ4n) is 3.70. The number of nitrogens with zero attached hydrogens (tertiary/aromatic N) is 3. The van der Waals surface area contributed by atoms with Crippen LogP contribution in [0, 0.1) is 6.92 Å². The lowest BCUT2D eigenvalue weighted by Gasteiger charge is -2.30. The molecule has 0 saturated carbocycles. The van der Waals surface area contributed by atoms with Gasteiger partial charge in [0.25, 0.3) is 0 Å². The Kier molecular flexibility index (Phi) is 5.84. The summed E-state index contributed by atoms with van der Waals surface area (Å²) in [5.41, 5.74) is 4.24. The number of aromatic nitrogens is 2. The standard InChI is InChI=1S/C24H28N4O2/c1-16(2)18-8-10-21(11-9-18)25-24(29)28-14-12-20(13-15-28)23-26-22(27-30-23)19-6-4-17(3)5-7-19/h4-11,16,20H,12-15H2,1-3H3,(H,25,29). The maximum Gasteiger partial charge on any atom is 0.321 e. The summed E-state index contributed by atoms with van der Waals surface area (Å²) in [6, 6.07) is 16.1. The fourth-order valence-corrected chi connectivity index (χ4v) is 3.70. The van der Waals surface area contributed by atoms with Crippen molar-refractivity contribution in [1.29, 1.82) is 0 Å². The van der Waals surface area contributed by atoms with Gasteiger partial charge in [0, 0.05) is 30.3 Å².